The summed E-state index contributed by atoms with van der Waals surface area (Å²) >= 11 is 8.08. The molecule has 0 fully saturated rings. The summed E-state index contributed by atoms with van der Waals surface area (Å²) in [6.45, 7) is 3.93. The first-order valence-electron chi connectivity index (χ1n) is 9.37. The van der Waals surface area contributed by atoms with E-state index in [1.165, 1.54) is 0 Å². The fraction of sp³-hybridized carbons (Fsp3) is 0.136. The van der Waals surface area contributed by atoms with Crippen LogP contribution < -0.4 is 10.9 Å². The predicted octanol–water partition coefficient (Wildman–Crippen LogP) is 4.98. The number of aryl methyl sites for hydroxylation is 1. The van der Waals surface area contributed by atoms with Crippen LogP contribution in [0.15, 0.2) is 48.7 Å². The van der Waals surface area contributed by atoms with Crippen LogP contribution in [0.1, 0.15) is 27.9 Å². The van der Waals surface area contributed by atoms with Gasteiger partial charge >= 0.3 is 0 Å². The van der Waals surface area contributed by atoms with Gasteiger partial charge in [-0.3, -0.25) is 4.79 Å². The zero-order valence-electron chi connectivity index (χ0n) is 16.7. The van der Waals surface area contributed by atoms with Crippen molar-refractivity contribution in [3.8, 4) is 21.8 Å². The van der Waals surface area contributed by atoms with Crippen molar-refractivity contribution in [2.24, 2.45) is 0 Å². The van der Waals surface area contributed by atoms with E-state index in [1.807, 2.05) is 48.8 Å². The molecular weight excluding hydrogens is 418 g/mol. The van der Waals surface area contributed by atoms with Gasteiger partial charge in [0, 0.05) is 24.4 Å². The van der Waals surface area contributed by atoms with Crippen molar-refractivity contribution in [3.05, 3.63) is 69.8 Å². The molecule has 3 heterocycles. The van der Waals surface area contributed by atoms with E-state index in [0.29, 0.717) is 21.8 Å². The normalized spacial score (nSPS) is 11.8. The molecule has 0 radical (unpaired) electrons. The molecule has 3 aromatic heterocycles. The summed E-state index contributed by atoms with van der Waals surface area (Å²) in [7, 11) is 1.81. The van der Waals surface area contributed by atoms with Gasteiger partial charge in [-0.05, 0) is 38.1 Å². The van der Waals surface area contributed by atoms with Crippen LogP contribution in [0.3, 0.4) is 0 Å². The van der Waals surface area contributed by atoms with Gasteiger partial charge in [-0.1, -0.05) is 29.8 Å². The van der Waals surface area contributed by atoms with E-state index in [1.54, 1.807) is 36.6 Å². The molecule has 8 heteroatoms. The number of carbonyl (C=O) groups is 1. The van der Waals surface area contributed by atoms with Gasteiger partial charge in [-0.15, -0.1) is 11.3 Å². The van der Waals surface area contributed by atoms with Gasteiger partial charge < -0.3 is 5.43 Å². The SMILES string of the molecule is CC=C(NNC)c1sc(-c2c(C)nn3ccccc23)nc1-c1cc(C=O)ccc1Cl. The molecule has 0 unspecified atom stereocenters. The Balaban J connectivity index is 2.00. The highest BCUT2D eigenvalue weighted by Crippen LogP contribution is 2.41. The largest absolute Gasteiger partial charge is 0.321 e. The molecule has 0 aliphatic rings. The Labute approximate surface area is 183 Å². The summed E-state index contributed by atoms with van der Waals surface area (Å²) in [5.74, 6) is 0. The number of pyridine rings is 1. The molecule has 0 aliphatic heterocycles. The van der Waals surface area contributed by atoms with Crippen molar-refractivity contribution in [1.29, 1.82) is 0 Å². The molecule has 0 amide bonds. The highest BCUT2D eigenvalue weighted by Gasteiger charge is 2.22. The topological polar surface area (TPSA) is 71.3 Å². The third-order valence-corrected chi connectivity index (χ3v) is 6.17. The first-order valence-corrected chi connectivity index (χ1v) is 10.6. The second kappa shape index (κ2) is 8.39. The first-order chi connectivity index (χ1) is 14.6. The molecule has 6 nitrogen and oxygen atoms in total. The number of fused-ring (bicyclic) bond motifs is 1. The lowest BCUT2D eigenvalue weighted by atomic mass is 10.1. The number of hydrogen-bond donors (Lipinski definition) is 2. The van der Waals surface area contributed by atoms with Gasteiger partial charge in [0.15, 0.2) is 0 Å². The van der Waals surface area contributed by atoms with E-state index < -0.39 is 0 Å². The number of hydrazine groups is 1. The average molecular weight is 438 g/mol. The van der Waals surface area contributed by atoms with E-state index in [0.717, 1.165) is 38.6 Å². The molecule has 0 spiro atoms. The fourth-order valence-electron chi connectivity index (χ4n) is 3.37. The van der Waals surface area contributed by atoms with Crippen molar-refractivity contribution in [3.63, 3.8) is 0 Å². The van der Waals surface area contributed by atoms with Crippen molar-refractivity contribution >= 4 is 40.4 Å². The molecule has 2 N–H and O–H groups in total. The predicted molar refractivity (Wildman–Crippen MR) is 123 cm³/mol. The second-order valence-corrected chi connectivity index (χ2v) is 8.03. The molecule has 4 aromatic rings. The maximum atomic E-state index is 11.4. The molecule has 4 rings (SSSR count). The fourth-order valence-corrected chi connectivity index (χ4v) is 4.79. The summed E-state index contributed by atoms with van der Waals surface area (Å²) in [5, 5.41) is 5.99. The molecule has 0 saturated carbocycles. The number of halogens is 1. The van der Waals surface area contributed by atoms with E-state index in [4.69, 9.17) is 16.6 Å². The molecule has 0 aliphatic carbocycles. The van der Waals surface area contributed by atoms with Crippen LogP contribution in [0.5, 0.6) is 0 Å². The second-order valence-electron chi connectivity index (χ2n) is 6.62. The Bertz CT molecular complexity index is 1270. The lowest BCUT2D eigenvalue weighted by Crippen LogP contribution is -2.25. The van der Waals surface area contributed by atoms with Crippen molar-refractivity contribution in [1.82, 2.24) is 25.4 Å². The number of aromatic nitrogens is 3. The molecule has 0 bridgehead atoms. The van der Waals surface area contributed by atoms with E-state index >= 15 is 0 Å². The number of aldehydes is 1. The minimum Gasteiger partial charge on any atom is -0.321 e. The Morgan fingerprint density at radius 1 is 1.27 bits per heavy atom. The number of nitrogens with zero attached hydrogens (tertiary/aromatic N) is 3. The Kier molecular flexibility index (Phi) is 5.67. The van der Waals surface area contributed by atoms with E-state index in [9.17, 15) is 4.79 Å². The summed E-state index contributed by atoms with van der Waals surface area (Å²) < 4.78 is 1.85. The van der Waals surface area contributed by atoms with Crippen molar-refractivity contribution in [2.45, 2.75) is 13.8 Å². The van der Waals surface area contributed by atoms with Crippen molar-refractivity contribution < 1.29 is 4.79 Å². The third-order valence-electron chi connectivity index (χ3n) is 4.73. The lowest BCUT2D eigenvalue weighted by Gasteiger charge is -2.10. The highest BCUT2D eigenvalue weighted by molar-refractivity contribution is 7.16. The standard InChI is InChI=1S/C22H20ClN5OS/c1-4-17(26-24-3)21-20(15-11-14(12-29)8-9-16(15)23)25-22(30-21)19-13(2)27-28-10-6-5-7-18(19)28/h4-12,24,26H,1-3H3. The minimum absolute atomic E-state index is 0.537. The van der Waals surface area contributed by atoms with Crippen LogP contribution in [0.4, 0.5) is 0 Å². The minimum atomic E-state index is 0.537. The molecular formula is C22H20ClN5OS. The Morgan fingerprint density at radius 2 is 2.10 bits per heavy atom. The van der Waals surface area contributed by atoms with Crippen molar-refractivity contribution in [2.75, 3.05) is 7.05 Å². The number of nitrogens with one attached hydrogen (secondary N) is 2. The smallest absolute Gasteiger partial charge is 0.150 e. The number of rotatable bonds is 6. The Morgan fingerprint density at radius 3 is 2.83 bits per heavy atom. The number of benzene rings is 1. The zero-order chi connectivity index (χ0) is 21.3. The van der Waals surface area contributed by atoms with Gasteiger partial charge in [-0.2, -0.15) is 5.10 Å². The third kappa shape index (κ3) is 3.52. The van der Waals surface area contributed by atoms with Crippen LogP contribution in [-0.4, -0.2) is 27.9 Å². The summed E-state index contributed by atoms with van der Waals surface area (Å²) in [6, 6.07) is 11.2. The van der Waals surface area contributed by atoms with Crippen LogP contribution in [0.2, 0.25) is 5.02 Å². The maximum absolute atomic E-state index is 11.4. The van der Waals surface area contributed by atoms with Gasteiger partial charge in [0.05, 0.1) is 38.1 Å². The van der Waals surface area contributed by atoms with Gasteiger partial charge in [0.25, 0.3) is 0 Å². The van der Waals surface area contributed by atoms with E-state index in [2.05, 4.69) is 16.0 Å². The van der Waals surface area contributed by atoms with E-state index in [-0.39, 0.29) is 0 Å². The Hall–Kier alpha value is -3.00. The summed E-state index contributed by atoms with van der Waals surface area (Å²) in [5.41, 5.74) is 11.8. The number of thiazole rings is 1. The molecule has 1 aromatic carbocycles. The van der Waals surface area contributed by atoms with Crippen LogP contribution in [-0.2, 0) is 0 Å². The molecule has 0 saturated heterocycles. The molecule has 152 valence electrons. The van der Waals surface area contributed by atoms with Gasteiger partial charge in [0.2, 0.25) is 0 Å². The lowest BCUT2D eigenvalue weighted by molar-refractivity contribution is 0.112. The zero-order valence-corrected chi connectivity index (χ0v) is 18.3. The van der Waals surface area contributed by atoms with Gasteiger partial charge in [-0.25, -0.2) is 14.9 Å². The van der Waals surface area contributed by atoms with Crippen LogP contribution >= 0.6 is 22.9 Å². The first kappa shape index (κ1) is 20.3. The molecule has 0 atom stereocenters. The van der Waals surface area contributed by atoms with Crippen LogP contribution in [0.25, 0.3) is 33.0 Å². The monoisotopic (exact) mass is 437 g/mol. The quantitative estimate of drug-likeness (QED) is 0.328. The van der Waals surface area contributed by atoms with Crippen LogP contribution in [0, 0.1) is 6.92 Å². The molecule has 30 heavy (non-hydrogen) atoms. The number of allylic oxidation sites excluding steroid dienone is 1. The average Bonchev–Trinajstić information content (AvgIpc) is 3.32. The summed E-state index contributed by atoms with van der Waals surface area (Å²) in [4.78, 5) is 17.3. The van der Waals surface area contributed by atoms with Gasteiger partial charge in [0.1, 0.15) is 11.3 Å². The maximum Gasteiger partial charge on any atom is 0.150 e. The summed E-state index contributed by atoms with van der Waals surface area (Å²) in [6.07, 6.45) is 4.70. The highest BCUT2D eigenvalue weighted by atomic mass is 35.5. The number of carbonyl (C=O) groups excluding carboxylic acids is 1. The number of hydrogen-bond acceptors (Lipinski definition) is 6.